The Bertz CT molecular complexity index is 543. The summed E-state index contributed by atoms with van der Waals surface area (Å²) in [6.07, 6.45) is 0. The van der Waals surface area contributed by atoms with Gasteiger partial charge in [0.15, 0.2) is 0 Å². The van der Waals surface area contributed by atoms with Crippen LogP contribution in [0.5, 0.6) is 0 Å². The quantitative estimate of drug-likeness (QED) is 0.725. The van der Waals surface area contributed by atoms with E-state index in [2.05, 4.69) is 4.98 Å². The molecular formula is C12H14N2O2. The van der Waals surface area contributed by atoms with Gasteiger partial charge in [-0.3, -0.25) is 0 Å². The van der Waals surface area contributed by atoms with Crippen molar-refractivity contribution in [1.29, 1.82) is 0 Å². The summed E-state index contributed by atoms with van der Waals surface area (Å²) in [7, 11) is 1.37. The molecule has 2 aromatic rings. The normalized spacial score (nSPS) is 10.7. The van der Waals surface area contributed by atoms with Crippen LogP contribution in [0.1, 0.15) is 23.1 Å². The molecule has 0 radical (unpaired) electrons. The molecule has 2 rings (SSSR count). The molecule has 84 valence electrons. The van der Waals surface area contributed by atoms with E-state index in [-0.39, 0.29) is 0 Å². The van der Waals surface area contributed by atoms with E-state index in [0.29, 0.717) is 12.4 Å². The summed E-state index contributed by atoms with van der Waals surface area (Å²) in [5.41, 5.74) is 2.93. The van der Waals surface area contributed by atoms with E-state index in [0.717, 1.165) is 16.6 Å². The molecule has 0 fully saturated rings. The predicted molar refractivity (Wildman–Crippen MR) is 61.5 cm³/mol. The van der Waals surface area contributed by atoms with E-state index < -0.39 is 5.97 Å². The smallest absolute Gasteiger partial charge is 0.374 e. The Balaban J connectivity index is 2.70. The van der Waals surface area contributed by atoms with Gasteiger partial charge in [-0.05, 0) is 31.5 Å². The lowest BCUT2D eigenvalue weighted by molar-refractivity contribution is 0.0582. The summed E-state index contributed by atoms with van der Waals surface area (Å²) in [5, 5.41) is 0. The molecule has 0 aliphatic heterocycles. The minimum absolute atomic E-state index is 0.366. The van der Waals surface area contributed by atoms with Crippen LogP contribution in [-0.4, -0.2) is 22.6 Å². The van der Waals surface area contributed by atoms with Gasteiger partial charge in [0.2, 0.25) is 5.82 Å². The van der Waals surface area contributed by atoms with Crippen molar-refractivity contribution in [3.8, 4) is 0 Å². The number of carbonyl (C=O) groups is 1. The van der Waals surface area contributed by atoms with Crippen molar-refractivity contribution >= 4 is 17.0 Å². The van der Waals surface area contributed by atoms with Crippen molar-refractivity contribution in [2.24, 2.45) is 0 Å². The fourth-order valence-corrected chi connectivity index (χ4v) is 1.81. The number of hydrogen-bond donors (Lipinski definition) is 0. The molecule has 1 aromatic carbocycles. The number of aryl methyl sites for hydroxylation is 2. The Labute approximate surface area is 93.9 Å². The minimum atomic E-state index is -0.393. The minimum Gasteiger partial charge on any atom is -0.463 e. The Kier molecular flexibility index (Phi) is 2.64. The summed E-state index contributed by atoms with van der Waals surface area (Å²) in [6.45, 7) is 4.68. The molecule has 0 N–H and O–H groups in total. The summed E-state index contributed by atoms with van der Waals surface area (Å²) in [4.78, 5) is 15.8. The highest BCUT2D eigenvalue weighted by atomic mass is 16.5. The third kappa shape index (κ3) is 1.56. The van der Waals surface area contributed by atoms with E-state index >= 15 is 0 Å². The maximum Gasteiger partial charge on any atom is 0.374 e. The predicted octanol–water partition coefficient (Wildman–Crippen LogP) is 2.15. The average molecular weight is 218 g/mol. The third-order valence-corrected chi connectivity index (χ3v) is 2.59. The highest BCUT2D eigenvalue weighted by Crippen LogP contribution is 2.18. The molecule has 4 heteroatoms. The molecule has 0 saturated carbocycles. The van der Waals surface area contributed by atoms with Crippen LogP contribution in [0.2, 0.25) is 0 Å². The molecule has 0 amide bonds. The second-order valence-electron chi connectivity index (χ2n) is 3.66. The maximum absolute atomic E-state index is 11.5. The molecule has 1 heterocycles. The van der Waals surface area contributed by atoms with E-state index in [1.807, 2.05) is 36.6 Å². The van der Waals surface area contributed by atoms with E-state index in [1.165, 1.54) is 7.11 Å². The van der Waals surface area contributed by atoms with Gasteiger partial charge >= 0.3 is 5.97 Å². The van der Waals surface area contributed by atoms with E-state index in [1.54, 1.807) is 0 Å². The zero-order valence-electron chi connectivity index (χ0n) is 9.65. The van der Waals surface area contributed by atoms with Crippen LogP contribution >= 0.6 is 0 Å². The molecule has 0 bridgehead atoms. The number of imidazole rings is 1. The molecule has 0 unspecified atom stereocenters. The standard InChI is InChI=1S/C12H14N2O2/c1-4-14-10-6-5-8(2)7-9(10)13-11(14)12(15)16-3/h5-7H,4H2,1-3H3. The number of benzene rings is 1. The third-order valence-electron chi connectivity index (χ3n) is 2.59. The van der Waals surface area contributed by atoms with Crippen molar-refractivity contribution in [2.75, 3.05) is 7.11 Å². The molecule has 0 atom stereocenters. The number of hydrogen-bond acceptors (Lipinski definition) is 3. The van der Waals surface area contributed by atoms with Crippen LogP contribution in [0.15, 0.2) is 18.2 Å². The molecule has 16 heavy (non-hydrogen) atoms. The van der Waals surface area contributed by atoms with Crippen LogP contribution in [0.25, 0.3) is 11.0 Å². The number of aromatic nitrogens is 2. The molecule has 1 aromatic heterocycles. The number of rotatable bonds is 2. The fraction of sp³-hybridized carbons (Fsp3) is 0.333. The van der Waals surface area contributed by atoms with E-state index in [9.17, 15) is 4.79 Å². The Hall–Kier alpha value is -1.84. The zero-order chi connectivity index (χ0) is 11.7. The highest BCUT2D eigenvalue weighted by Gasteiger charge is 2.16. The van der Waals surface area contributed by atoms with Gasteiger partial charge in [-0.1, -0.05) is 6.07 Å². The first-order valence-electron chi connectivity index (χ1n) is 5.22. The number of methoxy groups -OCH3 is 1. The number of ether oxygens (including phenoxy) is 1. The molecule has 0 saturated heterocycles. The van der Waals surface area contributed by atoms with Gasteiger partial charge in [-0.25, -0.2) is 9.78 Å². The van der Waals surface area contributed by atoms with Crippen molar-refractivity contribution < 1.29 is 9.53 Å². The van der Waals surface area contributed by atoms with Crippen molar-refractivity contribution in [3.05, 3.63) is 29.6 Å². The number of carbonyl (C=O) groups excluding carboxylic acids is 1. The first-order valence-corrected chi connectivity index (χ1v) is 5.22. The van der Waals surface area contributed by atoms with Gasteiger partial charge in [0.05, 0.1) is 18.1 Å². The van der Waals surface area contributed by atoms with Crippen LogP contribution in [0.4, 0.5) is 0 Å². The van der Waals surface area contributed by atoms with Crippen LogP contribution < -0.4 is 0 Å². The lowest BCUT2D eigenvalue weighted by Crippen LogP contribution is -2.10. The molecular weight excluding hydrogens is 204 g/mol. The second-order valence-corrected chi connectivity index (χ2v) is 3.66. The summed E-state index contributed by atoms with van der Waals surface area (Å²) in [6, 6.07) is 5.96. The summed E-state index contributed by atoms with van der Waals surface area (Å²) >= 11 is 0. The van der Waals surface area contributed by atoms with Crippen molar-refractivity contribution in [1.82, 2.24) is 9.55 Å². The Morgan fingerprint density at radius 2 is 2.25 bits per heavy atom. The van der Waals surface area contributed by atoms with Gasteiger partial charge in [0.1, 0.15) is 0 Å². The first kappa shape index (κ1) is 10.7. The molecule has 0 aliphatic carbocycles. The second kappa shape index (κ2) is 3.96. The van der Waals surface area contributed by atoms with Gasteiger partial charge < -0.3 is 9.30 Å². The topological polar surface area (TPSA) is 44.1 Å². The Morgan fingerprint density at radius 3 is 2.88 bits per heavy atom. The van der Waals surface area contributed by atoms with Crippen LogP contribution in [-0.2, 0) is 11.3 Å². The Morgan fingerprint density at radius 1 is 1.50 bits per heavy atom. The fourth-order valence-electron chi connectivity index (χ4n) is 1.81. The van der Waals surface area contributed by atoms with Crippen molar-refractivity contribution in [2.45, 2.75) is 20.4 Å². The highest BCUT2D eigenvalue weighted by molar-refractivity contribution is 5.91. The largest absolute Gasteiger partial charge is 0.463 e. The van der Waals surface area contributed by atoms with E-state index in [4.69, 9.17) is 4.74 Å². The lowest BCUT2D eigenvalue weighted by atomic mass is 10.2. The van der Waals surface area contributed by atoms with Gasteiger partial charge in [-0.15, -0.1) is 0 Å². The van der Waals surface area contributed by atoms with Gasteiger partial charge in [-0.2, -0.15) is 0 Å². The molecule has 0 spiro atoms. The monoisotopic (exact) mass is 218 g/mol. The SMILES string of the molecule is CCn1c(C(=O)OC)nc2cc(C)ccc21. The number of fused-ring (bicyclic) bond motifs is 1. The van der Waals surface area contributed by atoms with Gasteiger partial charge in [0.25, 0.3) is 0 Å². The van der Waals surface area contributed by atoms with Crippen molar-refractivity contribution in [3.63, 3.8) is 0 Å². The van der Waals surface area contributed by atoms with Gasteiger partial charge in [0, 0.05) is 6.54 Å². The molecule has 4 nitrogen and oxygen atoms in total. The van der Waals surface area contributed by atoms with Crippen LogP contribution in [0.3, 0.4) is 0 Å². The van der Waals surface area contributed by atoms with Crippen LogP contribution in [0, 0.1) is 6.92 Å². The lowest BCUT2D eigenvalue weighted by Gasteiger charge is -2.03. The zero-order valence-corrected chi connectivity index (χ0v) is 9.65. The first-order chi connectivity index (χ1) is 7.67. The number of nitrogens with zero attached hydrogens (tertiary/aromatic N) is 2. The molecule has 0 aliphatic rings. The summed E-state index contributed by atoms with van der Waals surface area (Å²) < 4.78 is 6.58. The summed E-state index contributed by atoms with van der Waals surface area (Å²) in [5.74, 6) is -0.0266. The number of esters is 1. The average Bonchev–Trinajstić information content (AvgIpc) is 2.65. The maximum atomic E-state index is 11.5.